The van der Waals surface area contributed by atoms with Crippen LogP contribution in [0.5, 0.6) is 0 Å². The number of allylic oxidation sites excluding steroid dienone is 2. The van der Waals surface area contributed by atoms with E-state index >= 15 is 0 Å². The Morgan fingerprint density at radius 1 is 1.17 bits per heavy atom. The molecule has 23 heavy (non-hydrogen) atoms. The van der Waals surface area contributed by atoms with Gasteiger partial charge in [0.2, 0.25) is 0 Å². The summed E-state index contributed by atoms with van der Waals surface area (Å²) in [5.41, 5.74) is -3.70. The molecule has 0 heterocycles. The highest BCUT2D eigenvalue weighted by molar-refractivity contribution is 7.94. The van der Waals surface area contributed by atoms with Crippen LogP contribution in [0.3, 0.4) is 0 Å². The molecule has 1 aromatic carbocycles. The number of sulfone groups is 1. The molecule has 0 aliphatic heterocycles. The lowest BCUT2D eigenvalue weighted by Gasteiger charge is -2.39. The lowest BCUT2D eigenvalue weighted by molar-refractivity contribution is -0.0457. The largest absolute Gasteiger partial charge is 0.499 e. The summed E-state index contributed by atoms with van der Waals surface area (Å²) in [6.07, 6.45) is -0.324. The first-order chi connectivity index (χ1) is 10.6. The molecule has 7 heteroatoms. The van der Waals surface area contributed by atoms with Gasteiger partial charge in [0.15, 0.2) is 4.75 Å². The van der Waals surface area contributed by atoms with E-state index in [1.165, 1.54) is 6.07 Å². The van der Waals surface area contributed by atoms with Crippen LogP contribution < -0.4 is 0 Å². The molecular formula is C16H16F3NO2S. The van der Waals surface area contributed by atoms with E-state index in [2.05, 4.69) is 0 Å². The maximum Gasteiger partial charge on any atom is 0.499 e. The second-order valence-electron chi connectivity index (χ2n) is 5.86. The van der Waals surface area contributed by atoms with Gasteiger partial charge in [0.25, 0.3) is 9.84 Å². The summed E-state index contributed by atoms with van der Waals surface area (Å²) in [6.45, 7) is 3.33. The molecule has 0 N–H and O–H groups in total. The van der Waals surface area contributed by atoms with E-state index in [-0.39, 0.29) is 6.42 Å². The second kappa shape index (κ2) is 5.68. The van der Waals surface area contributed by atoms with E-state index in [1.807, 2.05) is 0 Å². The quantitative estimate of drug-likeness (QED) is 0.760. The second-order valence-corrected chi connectivity index (χ2v) is 8.05. The zero-order valence-corrected chi connectivity index (χ0v) is 13.5. The van der Waals surface area contributed by atoms with Crippen molar-refractivity contribution in [3.05, 3.63) is 47.0 Å². The third kappa shape index (κ3) is 2.65. The molecule has 2 rings (SSSR count). The number of hydrogen-bond acceptors (Lipinski definition) is 3. The fourth-order valence-electron chi connectivity index (χ4n) is 3.05. The van der Waals surface area contributed by atoms with Crippen molar-refractivity contribution in [3.8, 4) is 6.07 Å². The van der Waals surface area contributed by atoms with E-state index in [4.69, 9.17) is 0 Å². The Kier molecular flexibility index (Phi) is 4.33. The summed E-state index contributed by atoms with van der Waals surface area (Å²) in [5.74, 6) is -1.05. The molecule has 3 nitrogen and oxygen atoms in total. The van der Waals surface area contributed by atoms with Gasteiger partial charge in [-0.2, -0.15) is 18.4 Å². The zero-order chi connectivity index (χ0) is 17.5. The molecule has 1 aliphatic carbocycles. The van der Waals surface area contributed by atoms with Gasteiger partial charge >= 0.3 is 5.51 Å². The number of hydrogen-bond donors (Lipinski definition) is 0. The molecule has 0 aromatic heterocycles. The van der Waals surface area contributed by atoms with Crippen molar-refractivity contribution in [2.45, 2.75) is 42.9 Å². The fraction of sp³-hybridized carbons (Fsp3) is 0.438. The predicted molar refractivity (Wildman–Crippen MR) is 80.1 cm³/mol. The number of benzene rings is 1. The summed E-state index contributed by atoms with van der Waals surface area (Å²) < 4.78 is 61.5. The molecule has 1 aromatic rings. The molecule has 0 fully saturated rings. The Morgan fingerprint density at radius 2 is 1.74 bits per heavy atom. The number of nitriles is 1. The van der Waals surface area contributed by atoms with Crippen LogP contribution in [0.2, 0.25) is 0 Å². The van der Waals surface area contributed by atoms with Crippen LogP contribution in [0.15, 0.2) is 41.5 Å². The summed E-state index contributed by atoms with van der Waals surface area (Å²) in [7, 11) is -5.66. The van der Waals surface area contributed by atoms with E-state index in [0.717, 1.165) is 5.57 Å². The molecule has 0 amide bonds. The Bertz CT molecular complexity index is 776. The van der Waals surface area contributed by atoms with Crippen LogP contribution in [0.25, 0.3) is 0 Å². The SMILES string of the molecule is CC1=C(C)C[C@](C#N)(S(=O)(=O)C(F)(F)F)[C@@H](c2ccccc2)C1. The van der Waals surface area contributed by atoms with Crippen molar-refractivity contribution >= 4 is 9.84 Å². The van der Waals surface area contributed by atoms with E-state index in [0.29, 0.717) is 11.1 Å². The van der Waals surface area contributed by atoms with Gasteiger partial charge in [0.05, 0.1) is 6.07 Å². The number of halogens is 3. The summed E-state index contributed by atoms with van der Waals surface area (Å²) >= 11 is 0. The highest BCUT2D eigenvalue weighted by atomic mass is 32.2. The highest BCUT2D eigenvalue weighted by Crippen LogP contribution is 2.51. The molecule has 0 bridgehead atoms. The summed E-state index contributed by atoms with van der Waals surface area (Å²) in [6, 6.07) is 9.59. The van der Waals surface area contributed by atoms with Gasteiger partial charge in [-0.15, -0.1) is 0 Å². The summed E-state index contributed by atoms with van der Waals surface area (Å²) in [5, 5.41) is 9.52. The molecule has 124 valence electrons. The van der Waals surface area contributed by atoms with Crippen LogP contribution in [-0.4, -0.2) is 18.7 Å². The van der Waals surface area contributed by atoms with Crippen LogP contribution >= 0.6 is 0 Å². The average Bonchev–Trinajstić information content (AvgIpc) is 2.49. The monoisotopic (exact) mass is 343 g/mol. The molecule has 0 unspecified atom stereocenters. The maximum absolute atomic E-state index is 13.2. The molecule has 0 radical (unpaired) electrons. The Hall–Kier alpha value is -1.81. The minimum Gasteiger partial charge on any atom is -0.218 e. The van der Waals surface area contributed by atoms with Gasteiger partial charge in [-0.1, -0.05) is 41.5 Å². The van der Waals surface area contributed by atoms with Gasteiger partial charge in [0, 0.05) is 12.3 Å². The van der Waals surface area contributed by atoms with Crippen LogP contribution in [0, 0.1) is 11.3 Å². The topological polar surface area (TPSA) is 57.9 Å². The van der Waals surface area contributed by atoms with Crippen molar-refractivity contribution in [1.29, 1.82) is 5.26 Å². The van der Waals surface area contributed by atoms with E-state index < -0.39 is 32.4 Å². The van der Waals surface area contributed by atoms with E-state index in [9.17, 15) is 26.9 Å². The molecular weight excluding hydrogens is 327 g/mol. The molecule has 0 spiro atoms. The minimum absolute atomic E-state index is 0.110. The fourth-order valence-corrected chi connectivity index (χ4v) is 4.59. The van der Waals surface area contributed by atoms with Crippen molar-refractivity contribution in [3.63, 3.8) is 0 Å². The number of nitrogens with zero attached hydrogens (tertiary/aromatic N) is 1. The Balaban J connectivity index is 2.75. The normalized spacial score (nSPS) is 26.0. The van der Waals surface area contributed by atoms with Gasteiger partial charge in [-0.3, -0.25) is 0 Å². The first-order valence-corrected chi connectivity index (χ1v) is 8.47. The van der Waals surface area contributed by atoms with Gasteiger partial charge in [-0.25, -0.2) is 8.42 Å². The Morgan fingerprint density at radius 3 is 2.22 bits per heavy atom. The molecule has 0 saturated carbocycles. The maximum atomic E-state index is 13.2. The first kappa shape index (κ1) is 17.5. The summed E-state index contributed by atoms with van der Waals surface area (Å²) in [4.78, 5) is 0. The third-order valence-corrected chi connectivity index (χ3v) is 6.59. The average molecular weight is 343 g/mol. The lowest BCUT2D eigenvalue weighted by atomic mass is 9.73. The standard InChI is InChI=1S/C16H16F3NO2S/c1-11-8-14(13-6-4-3-5-7-13)15(10-20,9-12(11)2)23(21,22)16(17,18)19/h3-7,14H,8-9H2,1-2H3/t14-,15-/m1/s1. The number of alkyl halides is 3. The van der Waals surface area contributed by atoms with Crippen molar-refractivity contribution in [2.24, 2.45) is 0 Å². The highest BCUT2D eigenvalue weighted by Gasteiger charge is 2.64. The van der Waals surface area contributed by atoms with Gasteiger partial charge in [0.1, 0.15) is 0 Å². The first-order valence-electron chi connectivity index (χ1n) is 6.99. The van der Waals surface area contributed by atoms with Crippen molar-refractivity contribution in [2.75, 3.05) is 0 Å². The predicted octanol–water partition coefficient (Wildman–Crippen LogP) is 4.10. The van der Waals surface area contributed by atoms with Crippen LogP contribution in [0.4, 0.5) is 13.2 Å². The molecule has 2 atom stereocenters. The Labute approximate surface area is 133 Å². The van der Waals surface area contributed by atoms with Crippen molar-refractivity contribution in [1.82, 2.24) is 0 Å². The van der Waals surface area contributed by atoms with Gasteiger partial charge in [-0.05, 0) is 25.8 Å². The molecule has 1 aliphatic rings. The zero-order valence-electron chi connectivity index (χ0n) is 12.7. The minimum atomic E-state index is -5.66. The lowest BCUT2D eigenvalue weighted by Crippen LogP contribution is -2.51. The molecule has 0 saturated heterocycles. The van der Waals surface area contributed by atoms with E-state index in [1.54, 1.807) is 44.2 Å². The smallest absolute Gasteiger partial charge is 0.218 e. The van der Waals surface area contributed by atoms with Crippen LogP contribution in [0.1, 0.15) is 38.2 Å². The van der Waals surface area contributed by atoms with Crippen LogP contribution in [-0.2, 0) is 9.84 Å². The van der Waals surface area contributed by atoms with Gasteiger partial charge < -0.3 is 0 Å². The number of rotatable bonds is 2. The van der Waals surface area contributed by atoms with Crippen molar-refractivity contribution < 1.29 is 21.6 Å². The third-order valence-electron chi connectivity index (χ3n) is 4.50.